The van der Waals surface area contributed by atoms with E-state index in [1.807, 2.05) is 6.07 Å². The summed E-state index contributed by atoms with van der Waals surface area (Å²) in [6, 6.07) is 9.48. The molecule has 0 spiro atoms. The van der Waals surface area contributed by atoms with E-state index in [0.29, 0.717) is 24.1 Å². The highest BCUT2D eigenvalue weighted by Gasteiger charge is 2.01. The fourth-order valence-corrected chi connectivity index (χ4v) is 1.70. The molecule has 0 radical (unpaired) electrons. The number of nitrogens with zero attached hydrogens (tertiary/aromatic N) is 2. The van der Waals surface area contributed by atoms with E-state index in [9.17, 15) is 4.39 Å². The zero-order chi connectivity index (χ0) is 15.8. The van der Waals surface area contributed by atoms with Gasteiger partial charge in [-0.05, 0) is 24.1 Å². The third-order valence-electron chi connectivity index (χ3n) is 2.80. The number of nitrogens with two attached hydrogens (primary N) is 1. The predicted molar refractivity (Wildman–Crippen MR) is 99.7 cm³/mol. The molecule has 0 amide bonds. The molecule has 0 aliphatic rings. The Balaban J connectivity index is 0.00000264. The lowest BCUT2D eigenvalue weighted by atomic mass is 10.3. The van der Waals surface area contributed by atoms with Gasteiger partial charge in [-0.1, -0.05) is 19.1 Å². The molecular formula is C16H20FIN4O. The zero-order valence-electron chi connectivity index (χ0n) is 12.8. The lowest BCUT2D eigenvalue weighted by Crippen LogP contribution is -2.32. The minimum atomic E-state index is -0.349. The van der Waals surface area contributed by atoms with E-state index in [0.717, 1.165) is 18.5 Å². The van der Waals surface area contributed by atoms with Gasteiger partial charge >= 0.3 is 0 Å². The highest BCUT2D eigenvalue weighted by atomic mass is 127. The standard InChI is InChI=1S/C16H19FN4O.HI/c1-2-8-19-16(18)21-11-12-6-7-15(20-10-12)22-14-5-3-4-13(17)9-14;/h3-7,9-10H,2,8,11H2,1H3,(H3,18,19,21);1H. The van der Waals surface area contributed by atoms with E-state index in [4.69, 9.17) is 10.5 Å². The largest absolute Gasteiger partial charge is 0.439 e. The van der Waals surface area contributed by atoms with Gasteiger partial charge in [0.1, 0.15) is 11.6 Å². The van der Waals surface area contributed by atoms with E-state index < -0.39 is 0 Å². The number of rotatable bonds is 6. The molecule has 7 heteroatoms. The lowest BCUT2D eigenvalue weighted by molar-refractivity contribution is 0.457. The number of halogens is 2. The van der Waals surface area contributed by atoms with Crippen LogP contribution in [0.4, 0.5) is 4.39 Å². The van der Waals surface area contributed by atoms with Crippen LogP contribution in [0, 0.1) is 5.82 Å². The molecule has 1 heterocycles. The van der Waals surface area contributed by atoms with Gasteiger partial charge in [-0.15, -0.1) is 24.0 Å². The summed E-state index contributed by atoms with van der Waals surface area (Å²) in [5, 5.41) is 3.00. The number of pyridine rings is 1. The third kappa shape index (κ3) is 6.81. The molecule has 2 aromatic rings. The maximum absolute atomic E-state index is 13.1. The molecule has 0 bridgehead atoms. The van der Waals surface area contributed by atoms with Gasteiger partial charge in [0.15, 0.2) is 5.96 Å². The van der Waals surface area contributed by atoms with Crippen LogP contribution in [0.2, 0.25) is 0 Å². The van der Waals surface area contributed by atoms with Crippen LogP contribution < -0.4 is 15.8 Å². The average molecular weight is 430 g/mol. The number of ether oxygens (including phenoxy) is 1. The Morgan fingerprint density at radius 1 is 1.35 bits per heavy atom. The Kier molecular flexibility index (Phi) is 8.31. The molecule has 124 valence electrons. The SMILES string of the molecule is CCCNC(N)=NCc1ccc(Oc2cccc(F)c2)nc1.I. The number of aromatic nitrogens is 1. The molecule has 3 N–H and O–H groups in total. The molecule has 0 aliphatic heterocycles. The second-order valence-corrected chi connectivity index (χ2v) is 4.69. The molecular weight excluding hydrogens is 410 g/mol. The number of benzene rings is 1. The van der Waals surface area contributed by atoms with Gasteiger partial charge in [-0.3, -0.25) is 0 Å². The normalized spacial score (nSPS) is 10.8. The van der Waals surface area contributed by atoms with Crippen molar-refractivity contribution < 1.29 is 9.13 Å². The molecule has 23 heavy (non-hydrogen) atoms. The van der Waals surface area contributed by atoms with E-state index in [1.54, 1.807) is 24.4 Å². The maximum Gasteiger partial charge on any atom is 0.219 e. The van der Waals surface area contributed by atoms with Crippen LogP contribution in [0.15, 0.2) is 47.6 Å². The average Bonchev–Trinajstić information content (AvgIpc) is 2.52. The van der Waals surface area contributed by atoms with Crippen molar-refractivity contribution in [3.8, 4) is 11.6 Å². The highest BCUT2D eigenvalue weighted by molar-refractivity contribution is 14.0. The highest BCUT2D eigenvalue weighted by Crippen LogP contribution is 2.20. The Morgan fingerprint density at radius 2 is 2.17 bits per heavy atom. The van der Waals surface area contributed by atoms with E-state index in [1.165, 1.54) is 12.1 Å². The topological polar surface area (TPSA) is 72.5 Å². The molecule has 0 saturated heterocycles. The van der Waals surface area contributed by atoms with Crippen LogP contribution in [0.25, 0.3) is 0 Å². The van der Waals surface area contributed by atoms with Crippen molar-refractivity contribution in [2.24, 2.45) is 10.7 Å². The Hall–Kier alpha value is -1.90. The number of hydrogen-bond acceptors (Lipinski definition) is 3. The minimum Gasteiger partial charge on any atom is -0.439 e. The summed E-state index contributed by atoms with van der Waals surface area (Å²) in [6.45, 7) is 3.30. The smallest absolute Gasteiger partial charge is 0.219 e. The molecule has 1 aromatic heterocycles. The second-order valence-electron chi connectivity index (χ2n) is 4.69. The first-order valence-corrected chi connectivity index (χ1v) is 7.09. The second kappa shape index (κ2) is 9.98. The number of aliphatic imine (C=N–C) groups is 1. The summed E-state index contributed by atoms with van der Waals surface area (Å²) in [5.41, 5.74) is 6.62. The van der Waals surface area contributed by atoms with Crippen molar-refractivity contribution >= 4 is 29.9 Å². The van der Waals surface area contributed by atoms with Gasteiger partial charge in [-0.25, -0.2) is 14.4 Å². The van der Waals surface area contributed by atoms with Crippen molar-refractivity contribution in [1.29, 1.82) is 0 Å². The molecule has 0 aliphatic carbocycles. The number of nitrogens with one attached hydrogen (secondary N) is 1. The minimum absolute atomic E-state index is 0. The summed E-state index contributed by atoms with van der Waals surface area (Å²) in [6.07, 6.45) is 2.65. The first-order chi connectivity index (χ1) is 10.7. The van der Waals surface area contributed by atoms with Crippen LogP contribution in [0.5, 0.6) is 11.6 Å². The first-order valence-electron chi connectivity index (χ1n) is 7.09. The molecule has 2 rings (SSSR count). The van der Waals surface area contributed by atoms with Crippen molar-refractivity contribution in [2.75, 3.05) is 6.54 Å². The van der Waals surface area contributed by atoms with Crippen LogP contribution in [0.3, 0.4) is 0 Å². The predicted octanol–water partition coefficient (Wildman–Crippen LogP) is 3.45. The zero-order valence-corrected chi connectivity index (χ0v) is 15.2. The van der Waals surface area contributed by atoms with Gasteiger partial charge in [-0.2, -0.15) is 0 Å². The van der Waals surface area contributed by atoms with Gasteiger partial charge in [0.2, 0.25) is 5.88 Å². The summed E-state index contributed by atoms with van der Waals surface area (Å²) < 4.78 is 18.5. The van der Waals surface area contributed by atoms with Crippen LogP contribution in [-0.4, -0.2) is 17.5 Å². The summed E-state index contributed by atoms with van der Waals surface area (Å²) in [7, 11) is 0. The van der Waals surface area contributed by atoms with Crippen molar-refractivity contribution in [3.63, 3.8) is 0 Å². The molecule has 1 aromatic carbocycles. The Morgan fingerprint density at radius 3 is 2.83 bits per heavy atom. The third-order valence-corrected chi connectivity index (χ3v) is 2.80. The van der Waals surface area contributed by atoms with E-state index in [2.05, 4.69) is 22.2 Å². The van der Waals surface area contributed by atoms with Gasteiger partial charge < -0.3 is 15.8 Å². The summed E-state index contributed by atoms with van der Waals surface area (Å²) >= 11 is 0. The van der Waals surface area contributed by atoms with Crippen molar-refractivity contribution in [3.05, 3.63) is 54.0 Å². The molecule has 0 unspecified atom stereocenters. The number of guanidine groups is 1. The molecule has 0 atom stereocenters. The molecule has 0 saturated carbocycles. The summed E-state index contributed by atoms with van der Waals surface area (Å²) in [4.78, 5) is 8.38. The maximum atomic E-state index is 13.1. The molecule has 0 fully saturated rings. The fraction of sp³-hybridized carbons (Fsp3) is 0.250. The number of hydrogen-bond donors (Lipinski definition) is 2. The Labute approximate surface area is 152 Å². The monoisotopic (exact) mass is 430 g/mol. The fourth-order valence-electron chi connectivity index (χ4n) is 1.70. The van der Waals surface area contributed by atoms with Crippen molar-refractivity contribution in [2.45, 2.75) is 19.9 Å². The van der Waals surface area contributed by atoms with Gasteiger partial charge in [0, 0.05) is 24.9 Å². The van der Waals surface area contributed by atoms with Crippen LogP contribution in [-0.2, 0) is 6.54 Å². The van der Waals surface area contributed by atoms with Crippen molar-refractivity contribution in [1.82, 2.24) is 10.3 Å². The molecule has 5 nitrogen and oxygen atoms in total. The lowest BCUT2D eigenvalue weighted by Gasteiger charge is -2.06. The van der Waals surface area contributed by atoms with Gasteiger partial charge in [0.25, 0.3) is 0 Å². The quantitative estimate of drug-likeness (QED) is 0.419. The van der Waals surface area contributed by atoms with Crippen LogP contribution in [0.1, 0.15) is 18.9 Å². The van der Waals surface area contributed by atoms with Gasteiger partial charge in [0.05, 0.1) is 6.54 Å². The van der Waals surface area contributed by atoms with Crippen LogP contribution >= 0.6 is 24.0 Å². The first kappa shape index (κ1) is 19.1. The van der Waals surface area contributed by atoms with E-state index in [-0.39, 0.29) is 29.8 Å². The summed E-state index contributed by atoms with van der Waals surface area (Å²) in [5.74, 6) is 0.877. The van der Waals surface area contributed by atoms with E-state index >= 15 is 0 Å². The Bertz CT molecular complexity index is 634.